The van der Waals surface area contributed by atoms with Crippen LogP contribution in [0.15, 0.2) is 61.2 Å². The Morgan fingerprint density at radius 3 is 2.69 bits per heavy atom. The van der Waals surface area contributed by atoms with Crippen LogP contribution in [-0.2, 0) is 12.0 Å². The molecule has 4 heterocycles. The minimum Gasteiger partial charge on any atom is -0.356 e. The summed E-state index contributed by atoms with van der Waals surface area (Å²) in [5, 5.41) is 6.06. The number of piperidine rings is 1. The Morgan fingerprint density at radius 1 is 1.08 bits per heavy atom. The Labute approximate surface area is 208 Å². The van der Waals surface area contributed by atoms with Crippen LogP contribution >= 0.6 is 0 Å². The van der Waals surface area contributed by atoms with Gasteiger partial charge in [-0.2, -0.15) is 0 Å². The van der Waals surface area contributed by atoms with Gasteiger partial charge in [-0.3, -0.25) is 4.79 Å². The molecule has 0 saturated carbocycles. The second-order valence-electron chi connectivity index (χ2n) is 9.52. The van der Waals surface area contributed by atoms with Crippen molar-refractivity contribution in [3.05, 3.63) is 89.4 Å². The van der Waals surface area contributed by atoms with Gasteiger partial charge >= 0.3 is 6.03 Å². The molecule has 1 spiro atoms. The fourth-order valence-electron chi connectivity index (χ4n) is 5.62. The van der Waals surface area contributed by atoms with Crippen LogP contribution in [0.2, 0.25) is 0 Å². The zero-order valence-electron chi connectivity index (χ0n) is 19.8. The van der Waals surface area contributed by atoms with Gasteiger partial charge in [0.05, 0.1) is 11.2 Å². The topological polar surface area (TPSA) is 77.6 Å². The number of pyridine rings is 1. The van der Waals surface area contributed by atoms with E-state index in [1.54, 1.807) is 23.1 Å². The van der Waals surface area contributed by atoms with Gasteiger partial charge in [-0.1, -0.05) is 24.8 Å². The van der Waals surface area contributed by atoms with E-state index in [0.29, 0.717) is 56.0 Å². The summed E-state index contributed by atoms with van der Waals surface area (Å²) < 4.78 is 13.7. The molecule has 8 heteroatoms. The number of nitrogens with zero attached hydrogens (tertiary/aromatic N) is 3. The number of para-hydroxylation sites is 1. The van der Waals surface area contributed by atoms with Crippen LogP contribution in [0.1, 0.15) is 40.0 Å². The van der Waals surface area contributed by atoms with Gasteiger partial charge in [-0.15, -0.1) is 0 Å². The van der Waals surface area contributed by atoms with E-state index >= 15 is 0 Å². The molecule has 1 saturated heterocycles. The standard InChI is InChI=1S/C28H26FN5O2/c1-2-21-16-19(26(35)34-12-9-18-15-20(29)7-8-24(18)34)17-25(30-21)33-13-10-28(11-14-33)22-5-3-4-6-23(22)31-27(36)32-28/h2-8,15-17H,1,9-14H2,(H2,31,32,36). The Balaban J connectivity index is 1.27. The smallest absolute Gasteiger partial charge is 0.319 e. The maximum absolute atomic E-state index is 13.7. The Kier molecular flexibility index (Phi) is 5.25. The summed E-state index contributed by atoms with van der Waals surface area (Å²) in [7, 11) is 0. The fourth-order valence-corrected chi connectivity index (χ4v) is 5.62. The number of fused-ring (bicyclic) bond motifs is 3. The molecule has 182 valence electrons. The molecule has 1 fully saturated rings. The van der Waals surface area contributed by atoms with Gasteiger partial charge in [0.1, 0.15) is 11.6 Å². The number of hydrogen-bond donors (Lipinski definition) is 2. The number of carbonyl (C=O) groups excluding carboxylic acids is 2. The molecule has 2 aromatic carbocycles. The van der Waals surface area contributed by atoms with Crippen LogP contribution in [0, 0.1) is 5.82 Å². The Bertz CT molecular complexity index is 1400. The molecule has 0 aliphatic carbocycles. The molecule has 1 aromatic heterocycles. The van der Waals surface area contributed by atoms with Gasteiger partial charge in [0.15, 0.2) is 0 Å². The fraction of sp³-hybridized carbons (Fsp3) is 0.250. The lowest BCUT2D eigenvalue weighted by atomic mass is 9.79. The van der Waals surface area contributed by atoms with E-state index in [2.05, 4.69) is 28.2 Å². The first-order valence-corrected chi connectivity index (χ1v) is 12.1. The molecular formula is C28H26FN5O2. The first kappa shape index (κ1) is 22.3. The number of halogens is 1. The van der Waals surface area contributed by atoms with Crippen LogP contribution in [-0.4, -0.2) is 36.6 Å². The highest BCUT2D eigenvalue weighted by Gasteiger charge is 2.42. The highest BCUT2D eigenvalue weighted by molar-refractivity contribution is 6.08. The predicted molar refractivity (Wildman–Crippen MR) is 138 cm³/mol. The first-order valence-electron chi connectivity index (χ1n) is 12.1. The summed E-state index contributed by atoms with van der Waals surface area (Å²) in [6.07, 6.45) is 3.70. The van der Waals surface area contributed by atoms with E-state index in [9.17, 15) is 14.0 Å². The number of hydrogen-bond acceptors (Lipinski definition) is 4. The van der Waals surface area contributed by atoms with E-state index in [0.717, 1.165) is 22.5 Å². The van der Waals surface area contributed by atoms with Crippen LogP contribution < -0.4 is 20.4 Å². The zero-order valence-corrected chi connectivity index (χ0v) is 19.8. The molecule has 0 atom stereocenters. The normalized spacial score (nSPS) is 17.8. The highest BCUT2D eigenvalue weighted by Crippen LogP contribution is 2.40. The van der Waals surface area contributed by atoms with Crippen LogP contribution in [0.3, 0.4) is 0 Å². The number of amides is 3. The van der Waals surface area contributed by atoms with Crippen molar-refractivity contribution in [1.29, 1.82) is 0 Å². The van der Waals surface area contributed by atoms with Crippen molar-refractivity contribution in [2.45, 2.75) is 24.8 Å². The number of aromatic nitrogens is 1. The number of anilines is 3. The number of nitrogens with one attached hydrogen (secondary N) is 2. The van der Waals surface area contributed by atoms with Gasteiger partial charge in [-0.05, 0) is 67.3 Å². The minimum atomic E-state index is -0.432. The quantitative estimate of drug-likeness (QED) is 0.566. The number of rotatable bonds is 3. The summed E-state index contributed by atoms with van der Waals surface area (Å²) >= 11 is 0. The second kappa shape index (κ2) is 8.48. The van der Waals surface area contributed by atoms with Crippen molar-refractivity contribution >= 4 is 35.2 Å². The largest absolute Gasteiger partial charge is 0.356 e. The van der Waals surface area contributed by atoms with Crippen molar-refractivity contribution in [1.82, 2.24) is 10.3 Å². The number of benzene rings is 2. The molecule has 3 aliphatic heterocycles. The summed E-state index contributed by atoms with van der Waals surface area (Å²) in [6, 6.07) is 15.8. The Hall–Kier alpha value is -4.20. The number of carbonyl (C=O) groups is 2. The average Bonchev–Trinajstić information content (AvgIpc) is 3.31. The van der Waals surface area contributed by atoms with Gasteiger partial charge in [0, 0.05) is 42.1 Å². The van der Waals surface area contributed by atoms with Crippen LogP contribution in [0.25, 0.3) is 6.08 Å². The SMILES string of the molecule is C=Cc1cc(C(=O)N2CCc3cc(F)ccc32)cc(N2CCC3(CC2)NC(=O)Nc2ccccc23)n1. The maximum atomic E-state index is 13.7. The lowest BCUT2D eigenvalue weighted by Gasteiger charge is -2.46. The monoisotopic (exact) mass is 483 g/mol. The summed E-state index contributed by atoms with van der Waals surface area (Å²) in [4.78, 5) is 34.4. The summed E-state index contributed by atoms with van der Waals surface area (Å²) in [5.74, 6) is 0.274. The molecule has 6 rings (SSSR count). The van der Waals surface area contributed by atoms with E-state index in [4.69, 9.17) is 4.98 Å². The molecule has 0 bridgehead atoms. The minimum absolute atomic E-state index is 0.139. The highest BCUT2D eigenvalue weighted by atomic mass is 19.1. The molecule has 0 radical (unpaired) electrons. The van der Waals surface area contributed by atoms with Gasteiger partial charge in [0.2, 0.25) is 0 Å². The molecule has 7 nitrogen and oxygen atoms in total. The third-order valence-corrected chi connectivity index (χ3v) is 7.45. The van der Waals surface area contributed by atoms with Crippen molar-refractivity contribution < 1.29 is 14.0 Å². The van der Waals surface area contributed by atoms with E-state index in [1.807, 2.05) is 24.3 Å². The van der Waals surface area contributed by atoms with Gasteiger partial charge in [-0.25, -0.2) is 14.2 Å². The van der Waals surface area contributed by atoms with Crippen LogP contribution in [0.4, 0.5) is 26.4 Å². The third kappa shape index (κ3) is 3.69. The molecule has 2 N–H and O–H groups in total. The van der Waals surface area contributed by atoms with Crippen LogP contribution in [0.5, 0.6) is 0 Å². The molecule has 0 unspecified atom stereocenters. The van der Waals surface area contributed by atoms with Crippen molar-refractivity contribution in [3.8, 4) is 0 Å². The second-order valence-corrected chi connectivity index (χ2v) is 9.52. The first-order chi connectivity index (χ1) is 17.5. The molecular weight excluding hydrogens is 457 g/mol. The lowest BCUT2D eigenvalue weighted by molar-refractivity contribution is 0.0989. The van der Waals surface area contributed by atoms with Crippen molar-refractivity contribution in [3.63, 3.8) is 0 Å². The maximum Gasteiger partial charge on any atom is 0.319 e. The van der Waals surface area contributed by atoms with E-state index in [1.165, 1.54) is 12.1 Å². The Morgan fingerprint density at radius 2 is 1.89 bits per heavy atom. The average molecular weight is 484 g/mol. The van der Waals surface area contributed by atoms with E-state index in [-0.39, 0.29) is 17.8 Å². The number of urea groups is 1. The zero-order chi connectivity index (χ0) is 24.9. The summed E-state index contributed by atoms with van der Waals surface area (Å²) in [6.45, 7) is 5.71. The lowest BCUT2D eigenvalue weighted by Crippen LogP contribution is -2.57. The predicted octanol–water partition coefficient (Wildman–Crippen LogP) is 4.70. The molecule has 3 aliphatic rings. The molecule has 36 heavy (non-hydrogen) atoms. The van der Waals surface area contributed by atoms with Gasteiger partial charge in [0.25, 0.3) is 5.91 Å². The van der Waals surface area contributed by atoms with Gasteiger partial charge < -0.3 is 20.4 Å². The van der Waals surface area contributed by atoms with E-state index < -0.39 is 5.54 Å². The van der Waals surface area contributed by atoms with Crippen molar-refractivity contribution in [2.24, 2.45) is 0 Å². The molecule has 3 amide bonds. The third-order valence-electron chi connectivity index (χ3n) is 7.45. The van der Waals surface area contributed by atoms with Crippen molar-refractivity contribution in [2.75, 3.05) is 34.8 Å². The molecule has 3 aromatic rings. The summed E-state index contributed by atoms with van der Waals surface area (Å²) in [5.41, 5.74) is 4.24.